The van der Waals surface area contributed by atoms with Gasteiger partial charge in [-0.2, -0.15) is 0 Å². The summed E-state index contributed by atoms with van der Waals surface area (Å²) in [5, 5.41) is 10.6. The normalized spacial score (nSPS) is 13.9. The molecule has 5 atom stereocenters. The number of esters is 4. The van der Waals surface area contributed by atoms with E-state index >= 15 is 0 Å². The SMILES string of the molecule is CCCCCCCCCCCCCCCCCCC(=O)OC[C@H](COP(=O)(O)OC[C@@H](O)COP(=O)(O)OC[C@@H](COC(=O)CCCCCCCCCC)OC(=O)CCCCCCCCCCCCCCCC)OC(=O)CCCCCCCCCCCCCCCCCC. The third-order valence-electron chi connectivity index (χ3n) is 17.6. The number of phosphoric acid groups is 2. The lowest BCUT2D eigenvalue weighted by Gasteiger charge is -2.21. The highest BCUT2D eigenvalue weighted by Gasteiger charge is 2.30. The van der Waals surface area contributed by atoms with Crippen molar-refractivity contribution in [2.45, 2.75) is 418 Å². The molecule has 0 aromatic rings. The van der Waals surface area contributed by atoms with Crippen molar-refractivity contribution in [3.05, 3.63) is 0 Å². The summed E-state index contributed by atoms with van der Waals surface area (Å²) in [6, 6.07) is 0. The predicted octanol–water partition coefficient (Wildman–Crippen LogP) is 22.2. The van der Waals surface area contributed by atoms with Gasteiger partial charge in [-0.25, -0.2) is 9.13 Å². The minimum Gasteiger partial charge on any atom is -0.462 e. The van der Waals surface area contributed by atoms with Gasteiger partial charge in [0.25, 0.3) is 0 Å². The second-order valence-electron chi connectivity index (χ2n) is 27.0. The number of hydrogen-bond donors (Lipinski definition) is 3. The maximum Gasteiger partial charge on any atom is 0.472 e. The fourth-order valence-corrected chi connectivity index (χ4v) is 13.2. The van der Waals surface area contributed by atoms with Crippen molar-refractivity contribution >= 4 is 39.5 Å². The fourth-order valence-electron chi connectivity index (χ4n) is 11.6. The molecule has 558 valence electrons. The van der Waals surface area contributed by atoms with Crippen LogP contribution in [0.4, 0.5) is 0 Å². The van der Waals surface area contributed by atoms with E-state index < -0.39 is 97.5 Å². The molecule has 3 N–H and O–H groups in total. The molecule has 0 bridgehead atoms. The zero-order valence-electron chi connectivity index (χ0n) is 60.9. The zero-order chi connectivity index (χ0) is 69.0. The van der Waals surface area contributed by atoms with E-state index in [4.69, 9.17) is 37.0 Å². The Hall–Kier alpha value is -1.94. The van der Waals surface area contributed by atoms with Crippen LogP contribution >= 0.6 is 15.6 Å². The molecule has 0 heterocycles. The number of ether oxygens (including phenoxy) is 4. The van der Waals surface area contributed by atoms with Crippen LogP contribution in [-0.4, -0.2) is 96.7 Å². The van der Waals surface area contributed by atoms with Gasteiger partial charge < -0.3 is 33.8 Å². The van der Waals surface area contributed by atoms with Crippen LogP contribution in [-0.2, 0) is 65.4 Å². The Bertz CT molecular complexity index is 1790. The summed E-state index contributed by atoms with van der Waals surface area (Å²) < 4.78 is 68.5. The summed E-state index contributed by atoms with van der Waals surface area (Å²) in [6.07, 6.45) is 59.6. The van der Waals surface area contributed by atoms with Crippen LogP contribution in [0.5, 0.6) is 0 Å². The number of hydrogen-bond acceptors (Lipinski definition) is 15. The molecule has 0 saturated carbocycles. The molecule has 17 nitrogen and oxygen atoms in total. The van der Waals surface area contributed by atoms with Crippen LogP contribution in [0.15, 0.2) is 0 Å². The molecule has 0 aliphatic rings. The number of aliphatic hydroxyl groups excluding tert-OH is 1. The molecule has 0 aromatic carbocycles. The van der Waals surface area contributed by atoms with Gasteiger partial charge in [0.15, 0.2) is 12.2 Å². The standard InChI is InChI=1S/C75H146O17P2/c1-5-9-13-17-21-25-28-31-34-36-39-41-44-48-52-56-60-73(78)86-66-71(92-75(80)62-58-54-50-46-43-40-37-35-32-29-26-22-18-14-10-6-2)68-90-94(83,84)88-64-69(76)63-87-93(81,82)89-67-70(65-85-72(77)59-55-51-47-24-20-16-12-8-4)91-74(79)61-57-53-49-45-42-38-33-30-27-23-19-15-11-7-3/h69-71,76H,5-68H2,1-4H3,(H,81,82)(H,83,84)/t69-,70+,71+/m0/s1. The van der Waals surface area contributed by atoms with Gasteiger partial charge >= 0.3 is 39.5 Å². The molecule has 0 aromatic heterocycles. The maximum atomic E-state index is 13.1. The molecular formula is C75H146O17P2. The zero-order valence-corrected chi connectivity index (χ0v) is 62.7. The molecule has 2 unspecified atom stereocenters. The molecule has 0 aliphatic heterocycles. The average molecular weight is 1380 g/mol. The number of carbonyl (C=O) groups excluding carboxylic acids is 4. The predicted molar refractivity (Wildman–Crippen MR) is 382 cm³/mol. The topological polar surface area (TPSA) is 237 Å². The molecule has 94 heavy (non-hydrogen) atoms. The second-order valence-corrected chi connectivity index (χ2v) is 29.9. The Labute approximate surface area is 575 Å². The van der Waals surface area contributed by atoms with Crippen LogP contribution in [0, 0.1) is 0 Å². The van der Waals surface area contributed by atoms with E-state index in [0.717, 1.165) is 89.9 Å². The van der Waals surface area contributed by atoms with Crippen LogP contribution in [0.25, 0.3) is 0 Å². The van der Waals surface area contributed by atoms with E-state index in [-0.39, 0.29) is 25.7 Å². The van der Waals surface area contributed by atoms with Gasteiger partial charge in [0, 0.05) is 25.7 Å². The molecule has 0 amide bonds. The van der Waals surface area contributed by atoms with Crippen molar-refractivity contribution in [2.24, 2.45) is 0 Å². The number of rotatable bonds is 76. The van der Waals surface area contributed by atoms with Crippen molar-refractivity contribution < 1.29 is 80.2 Å². The summed E-state index contributed by atoms with van der Waals surface area (Å²) in [5.74, 6) is -2.11. The first kappa shape index (κ1) is 92.1. The van der Waals surface area contributed by atoms with Crippen LogP contribution in [0.1, 0.15) is 400 Å². The second kappa shape index (κ2) is 69.5. The summed E-state index contributed by atoms with van der Waals surface area (Å²) >= 11 is 0. The number of aliphatic hydroxyl groups is 1. The lowest BCUT2D eigenvalue weighted by atomic mass is 10.0. The molecule has 0 spiro atoms. The quantitative estimate of drug-likeness (QED) is 0.0222. The summed E-state index contributed by atoms with van der Waals surface area (Å²) in [5.41, 5.74) is 0. The van der Waals surface area contributed by atoms with Crippen molar-refractivity contribution in [1.29, 1.82) is 0 Å². The van der Waals surface area contributed by atoms with E-state index in [0.29, 0.717) is 25.7 Å². The summed E-state index contributed by atoms with van der Waals surface area (Å²) in [4.78, 5) is 72.7. The van der Waals surface area contributed by atoms with Crippen molar-refractivity contribution in [1.82, 2.24) is 0 Å². The van der Waals surface area contributed by atoms with Gasteiger partial charge in [-0.05, 0) is 25.7 Å². The maximum absolute atomic E-state index is 13.1. The molecule has 19 heteroatoms. The lowest BCUT2D eigenvalue weighted by Crippen LogP contribution is -2.30. The fraction of sp³-hybridized carbons (Fsp3) is 0.947. The van der Waals surface area contributed by atoms with E-state index in [9.17, 15) is 43.2 Å². The van der Waals surface area contributed by atoms with Crippen LogP contribution < -0.4 is 0 Å². The summed E-state index contributed by atoms with van der Waals surface area (Å²) in [7, 11) is -9.90. The highest BCUT2D eigenvalue weighted by molar-refractivity contribution is 7.47. The number of carbonyl (C=O) groups is 4. The van der Waals surface area contributed by atoms with E-state index in [1.54, 1.807) is 0 Å². The molecule has 0 fully saturated rings. The van der Waals surface area contributed by atoms with Gasteiger partial charge in [0.2, 0.25) is 0 Å². The Morgan fingerprint density at radius 3 is 0.628 bits per heavy atom. The molecule has 0 radical (unpaired) electrons. The van der Waals surface area contributed by atoms with Gasteiger partial charge in [0.05, 0.1) is 26.4 Å². The smallest absolute Gasteiger partial charge is 0.462 e. The average Bonchev–Trinajstić information content (AvgIpc) is 1.33. The van der Waals surface area contributed by atoms with Gasteiger partial charge in [-0.3, -0.25) is 37.3 Å². The number of unbranched alkanes of at least 4 members (excludes halogenated alkanes) is 50. The van der Waals surface area contributed by atoms with Gasteiger partial charge in [-0.15, -0.1) is 0 Å². The Morgan fingerprint density at radius 2 is 0.426 bits per heavy atom. The Morgan fingerprint density at radius 1 is 0.255 bits per heavy atom. The lowest BCUT2D eigenvalue weighted by molar-refractivity contribution is -0.161. The van der Waals surface area contributed by atoms with Crippen molar-refractivity contribution in [3.63, 3.8) is 0 Å². The van der Waals surface area contributed by atoms with E-state index in [1.165, 1.54) is 231 Å². The van der Waals surface area contributed by atoms with Gasteiger partial charge in [-0.1, -0.05) is 349 Å². The van der Waals surface area contributed by atoms with Crippen molar-refractivity contribution in [3.8, 4) is 0 Å². The molecular weight excluding hydrogens is 1230 g/mol. The Kier molecular flexibility index (Phi) is 68.1. The molecule has 0 aliphatic carbocycles. The van der Waals surface area contributed by atoms with E-state index in [2.05, 4.69) is 27.7 Å². The third-order valence-corrected chi connectivity index (χ3v) is 19.5. The van der Waals surface area contributed by atoms with Crippen LogP contribution in [0.3, 0.4) is 0 Å². The summed E-state index contributed by atoms with van der Waals surface area (Å²) in [6.45, 7) is 4.97. The minimum absolute atomic E-state index is 0.108. The van der Waals surface area contributed by atoms with Gasteiger partial charge in [0.1, 0.15) is 19.3 Å². The highest BCUT2D eigenvalue weighted by atomic mass is 31.2. The first-order valence-electron chi connectivity index (χ1n) is 39.3. The first-order valence-corrected chi connectivity index (χ1v) is 42.3. The first-order chi connectivity index (χ1) is 45.7. The minimum atomic E-state index is -4.95. The Balaban J connectivity index is 5.21. The van der Waals surface area contributed by atoms with E-state index in [1.807, 2.05) is 0 Å². The molecule has 0 saturated heterocycles. The van der Waals surface area contributed by atoms with Crippen molar-refractivity contribution in [2.75, 3.05) is 39.6 Å². The monoisotopic (exact) mass is 1380 g/mol. The largest absolute Gasteiger partial charge is 0.472 e. The molecule has 0 rings (SSSR count). The number of phosphoric ester groups is 2. The highest BCUT2D eigenvalue weighted by Crippen LogP contribution is 2.45. The third kappa shape index (κ3) is 68.6. The van der Waals surface area contributed by atoms with Crippen LogP contribution in [0.2, 0.25) is 0 Å².